The molecule has 130 valence electrons. The summed E-state index contributed by atoms with van der Waals surface area (Å²) in [6.45, 7) is 3.25. The van der Waals surface area contributed by atoms with E-state index in [0.29, 0.717) is 6.54 Å². The molecule has 2 atom stereocenters. The number of piperidine rings is 1. The predicted octanol–water partition coefficient (Wildman–Crippen LogP) is 1.53. The van der Waals surface area contributed by atoms with Crippen LogP contribution < -0.4 is 10.6 Å². The first-order chi connectivity index (χ1) is 10.4. The molecule has 0 spiro atoms. The van der Waals surface area contributed by atoms with Crippen LogP contribution in [0.1, 0.15) is 19.8 Å². The number of amides is 1. The van der Waals surface area contributed by atoms with Crippen molar-refractivity contribution in [2.75, 3.05) is 18.8 Å². The zero-order valence-electron chi connectivity index (χ0n) is 12.9. The standard InChI is InChI=1S/C15H21FN2O3S.ClH/c1-11(15(19)18-13-3-2-8-17-9-13)10-22(20,21)14-6-4-12(16)5-7-14;/h4-7,11,13,17H,2-3,8-10H2,1H3,(H,18,19);1H/t11?,13-;/m0./s1. The van der Waals surface area contributed by atoms with Gasteiger partial charge in [-0.05, 0) is 43.7 Å². The van der Waals surface area contributed by atoms with E-state index < -0.39 is 21.6 Å². The van der Waals surface area contributed by atoms with Crippen LogP contribution in [0.2, 0.25) is 0 Å². The Labute approximate surface area is 142 Å². The van der Waals surface area contributed by atoms with E-state index in [1.807, 2.05) is 0 Å². The van der Waals surface area contributed by atoms with E-state index in [0.717, 1.165) is 31.5 Å². The number of benzene rings is 1. The zero-order valence-corrected chi connectivity index (χ0v) is 14.6. The number of rotatable bonds is 5. The third kappa shape index (κ3) is 5.75. The van der Waals surface area contributed by atoms with Crippen molar-refractivity contribution in [3.8, 4) is 0 Å². The van der Waals surface area contributed by atoms with Crippen molar-refractivity contribution in [2.24, 2.45) is 5.92 Å². The van der Waals surface area contributed by atoms with Gasteiger partial charge in [0.15, 0.2) is 9.84 Å². The van der Waals surface area contributed by atoms with Gasteiger partial charge in [0.2, 0.25) is 5.91 Å². The largest absolute Gasteiger partial charge is 0.352 e. The van der Waals surface area contributed by atoms with Crippen molar-refractivity contribution in [1.82, 2.24) is 10.6 Å². The Hall–Kier alpha value is -1.18. The fraction of sp³-hybridized carbons (Fsp3) is 0.533. The average molecular weight is 365 g/mol. The molecule has 2 N–H and O–H groups in total. The summed E-state index contributed by atoms with van der Waals surface area (Å²) in [5, 5.41) is 6.07. The fourth-order valence-electron chi connectivity index (χ4n) is 2.46. The molecule has 1 heterocycles. The summed E-state index contributed by atoms with van der Waals surface area (Å²) in [6.07, 6.45) is 1.89. The van der Waals surface area contributed by atoms with Gasteiger partial charge in [-0.25, -0.2) is 12.8 Å². The van der Waals surface area contributed by atoms with E-state index in [1.54, 1.807) is 6.92 Å². The molecule has 1 unspecified atom stereocenters. The van der Waals surface area contributed by atoms with E-state index in [2.05, 4.69) is 10.6 Å². The molecule has 0 aliphatic carbocycles. The number of nitrogens with one attached hydrogen (secondary N) is 2. The second-order valence-electron chi connectivity index (χ2n) is 5.69. The Morgan fingerprint density at radius 2 is 2.04 bits per heavy atom. The van der Waals surface area contributed by atoms with Crippen LogP contribution in [0.3, 0.4) is 0 Å². The molecule has 0 saturated carbocycles. The molecule has 1 amide bonds. The van der Waals surface area contributed by atoms with Crippen LogP contribution in [0, 0.1) is 11.7 Å². The lowest BCUT2D eigenvalue weighted by molar-refractivity contribution is -0.124. The number of hydrogen-bond donors (Lipinski definition) is 2. The van der Waals surface area contributed by atoms with E-state index >= 15 is 0 Å². The quantitative estimate of drug-likeness (QED) is 0.777. The van der Waals surface area contributed by atoms with Gasteiger partial charge in [-0.3, -0.25) is 4.79 Å². The molecule has 8 heteroatoms. The maximum atomic E-state index is 12.9. The Kier molecular flexibility index (Phi) is 7.44. The Balaban J connectivity index is 0.00000264. The number of sulfone groups is 1. The summed E-state index contributed by atoms with van der Waals surface area (Å²) in [5.74, 6) is -1.70. The summed E-state index contributed by atoms with van der Waals surface area (Å²) in [5.41, 5.74) is 0. The molecule has 23 heavy (non-hydrogen) atoms. The minimum Gasteiger partial charge on any atom is -0.352 e. The second kappa shape index (κ2) is 8.61. The highest BCUT2D eigenvalue weighted by Crippen LogP contribution is 2.15. The van der Waals surface area contributed by atoms with Gasteiger partial charge in [0.25, 0.3) is 0 Å². The molecular weight excluding hydrogens is 343 g/mol. The fourth-order valence-corrected chi connectivity index (χ4v) is 4.01. The number of carbonyl (C=O) groups is 1. The van der Waals surface area contributed by atoms with E-state index in [9.17, 15) is 17.6 Å². The molecule has 5 nitrogen and oxygen atoms in total. The van der Waals surface area contributed by atoms with Crippen LogP contribution in [0.4, 0.5) is 4.39 Å². The monoisotopic (exact) mass is 364 g/mol. The van der Waals surface area contributed by atoms with Crippen molar-refractivity contribution in [3.05, 3.63) is 30.1 Å². The minimum atomic E-state index is -3.61. The highest BCUT2D eigenvalue weighted by molar-refractivity contribution is 7.91. The molecule has 0 aromatic heterocycles. The van der Waals surface area contributed by atoms with Crippen LogP contribution in [0.25, 0.3) is 0 Å². The average Bonchev–Trinajstić information content (AvgIpc) is 2.48. The van der Waals surface area contributed by atoms with E-state index in [4.69, 9.17) is 0 Å². The summed E-state index contributed by atoms with van der Waals surface area (Å²) in [6, 6.07) is 4.70. The Bertz CT molecular complexity index is 616. The molecule has 1 aliphatic rings. The van der Waals surface area contributed by atoms with Crippen molar-refractivity contribution < 1.29 is 17.6 Å². The molecule has 0 bridgehead atoms. The lowest BCUT2D eigenvalue weighted by atomic mass is 10.1. The normalized spacial score (nSPS) is 19.5. The first kappa shape index (κ1) is 19.9. The highest BCUT2D eigenvalue weighted by Gasteiger charge is 2.25. The molecule has 2 rings (SSSR count). The lowest BCUT2D eigenvalue weighted by Gasteiger charge is -2.25. The molecular formula is C15H22ClFN2O3S. The van der Waals surface area contributed by atoms with Gasteiger partial charge < -0.3 is 10.6 Å². The van der Waals surface area contributed by atoms with Crippen molar-refractivity contribution in [1.29, 1.82) is 0 Å². The molecule has 0 radical (unpaired) electrons. The minimum absolute atomic E-state index is 0. The van der Waals surface area contributed by atoms with Crippen molar-refractivity contribution in [3.63, 3.8) is 0 Å². The van der Waals surface area contributed by atoms with Crippen LogP contribution in [0.5, 0.6) is 0 Å². The first-order valence-corrected chi connectivity index (χ1v) is 9.03. The topological polar surface area (TPSA) is 75.3 Å². The van der Waals surface area contributed by atoms with E-state index in [-0.39, 0.29) is 35.0 Å². The maximum Gasteiger partial charge on any atom is 0.224 e. The number of halogens is 2. The SMILES string of the molecule is CC(CS(=O)(=O)c1ccc(F)cc1)C(=O)N[C@H]1CCCNC1.Cl. The smallest absolute Gasteiger partial charge is 0.224 e. The van der Waals surface area contributed by atoms with Crippen LogP contribution in [-0.4, -0.2) is 39.2 Å². The molecule has 1 aromatic rings. The molecule has 1 saturated heterocycles. The van der Waals surface area contributed by atoms with Crippen LogP contribution >= 0.6 is 12.4 Å². The first-order valence-electron chi connectivity index (χ1n) is 7.38. The van der Waals surface area contributed by atoms with Gasteiger partial charge in [0.05, 0.1) is 10.6 Å². The van der Waals surface area contributed by atoms with Gasteiger partial charge in [0, 0.05) is 18.5 Å². The van der Waals surface area contributed by atoms with E-state index in [1.165, 1.54) is 12.1 Å². The lowest BCUT2D eigenvalue weighted by Crippen LogP contribution is -2.47. The summed E-state index contributed by atoms with van der Waals surface area (Å²) in [4.78, 5) is 12.1. The van der Waals surface area contributed by atoms with Gasteiger partial charge in [-0.15, -0.1) is 12.4 Å². The predicted molar refractivity (Wildman–Crippen MR) is 88.9 cm³/mol. The van der Waals surface area contributed by atoms with Crippen molar-refractivity contribution in [2.45, 2.75) is 30.7 Å². The van der Waals surface area contributed by atoms with Gasteiger partial charge in [-0.2, -0.15) is 0 Å². The summed E-state index contributed by atoms with van der Waals surface area (Å²) >= 11 is 0. The van der Waals surface area contributed by atoms with Gasteiger partial charge in [-0.1, -0.05) is 6.92 Å². The number of hydrogen-bond acceptors (Lipinski definition) is 4. The highest BCUT2D eigenvalue weighted by atomic mass is 35.5. The van der Waals surface area contributed by atoms with Crippen molar-refractivity contribution >= 4 is 28.2 Å². The Morgan fingerprint density at radius 1 is 1.39 bits per heavy atom. The van der Waals surface area contributed by atoms with Gasteiger partial charge >= 0.3 is 0 Å². The third-order valence-electron chi connectivity index (χ3n) is 3.73. The van der Waals surface area contributed by atoms with Crippen LogP contribution in [-0.2, 0) is 14.6 Å². The summed E-state index contributed by atoms with van der Waals surface area (Å²) in [7, 11) is -3.61. The Morgan fingerprint density at radius 3 is 2.61 bits per heavy atom. The maximum absolute atomic E-state index is 12.9. The third-order valence-corrected chi connectivity index (χ3v) is 5.66. The molecule has 1 aliphatic heterocycles. The van der Waals surface area contributed by atoms with Crippen LogP contribution in [0.15, 0.2) is 29.2 Å². The molecule has 1 fully saturated rings. The summed E-state index contributed by atoms with van der Waals surface area (Å²) < 4.78 is 37.3. The zero-order chi connectivity index (χ0) is 16.2. The second-order valence-corrected chi connectivity index (χ2v) is 7.72. The number of carbonyl (C=O) groups excluding carboxylic acids is 1. The van der Waals surface area contributed by atoms with Gasteiger partial charge in [0.1, 0.15) is 5.82 Å². The molecule has 1 aromatic carbocycles.